The third-order valence-corrected chi connectivity index (χ3v) is 3.76. The van der Waals surface area contributed by atoms with Crippen LogP contribution in [-0.4, -0.2) is 20.5 Å². The second kappa shape index (κ2) is 5.64. The molecule has 116 valence electrons. The van der Waals surface area contributed by atoms with Crippen LogP contribution in [0.15, 0.2) is 46.8 Å². The molecule has 0 amide bonds. The van der Waals surface area contributed by atoms with E-state index in [1.165, 1.54) is 17.8 Å². The molecule has 0 atom stereocenters. The lowest BCUT2D eigenvalue weighted by atomic mass is 10.1. The van der Waals surface area contributed by atoms with Crippen molar-refractivity contribution in [3.05, 3.63) is 58.9 Å². The first-order valence-electron chi connectivity index (χ1n) is 7.16. The van der Waals surface area contributed by atoms with Crippen molar-refractivity contribution in [1.29, 1.82) is 0 Å². The number of aromatic carboxylic acids is 1. The summed E-state index contributed by atoms with van der Waals surface area (Å²) in [7, 11) is 0. The van der Waals surface area contributed by atoms with Crippen molar-refractivity contribution in [1.82, 2.24) is 9.38 Å². The fraction of sp³-hybridized carbons (Fsp3) is 0.176. The molecule has 0 aliphatic rings. The molecule has 2 aromatic heterocycles. The van der Waals surface area contributed by atoms with Gasteiger partial charge in [0.25, 0.3) is 0 Å². The van der Waals surface area contributed by atoms with Gasteiger partial charge >= 0.3 is 5.97 Å². The second-order valence-electron chi connectivity index (χ2n) is 5.44. The minimum absolute atomic E-state index is 0.178. The van der Waals surface area contributed by atoms with E-state index in [0.717, 1.165) is 11.3 Å². The number of aryl methyl sites for hydroxylation is 3. The quantitative estimate of drug-likeness (QED) is 0.729. The molecule has 3 aromatic rings. The maximum Gasteiger partial charge on any atom is 0.337 e. The molecule has 0 aliphatic heterocycles. The largest absolute Gasteiger partial charge is 0.478 e. The number of carboxylic acid groups (broad SMARTS) is 1. The number of nitrogens with zero attached hydrogens (tertiary/aromatic N) is 4. The topological polar surface area (TPSA) is 79.3 Å². The van der Waals surface area contributed by atoms with Crippen molar-refractivity contribution >= 4 is 23.1 Å². The van der Waals surface area contributed by atoms with Crippen LogP contribution in [0.1, 0.15) is 27.2 Å². The Bertz CT molecular complexity index is 941. The summed E-state index contributed by atoms with van der Waals surface area (Å²) >= 11 is 0. The number of hydrogen-bond donors (Lipinski definition) is 1. The first-order valence-corrected chi connectivity index (χ1v) is 7.16. The van der Waals surface area contributed by atoms with Gasteiger partial charge in [-0.25, -0.2) is 9.78 Å². The fourth-order valence-corrected chi connectivity index (χ4v) is 2.29. The molecule has 0 fully saturated rings. The number of benzene rings is 1. The number of carboxylic acids is 1. The van der Waals surface area contributed by atoms with E-state index < -0.39 is 5.97 Å². The fourth-order valence-electron chi connectivity index (χ4n) is 2.29. The van der Waals surface area contributed by atoms with E-state index in [9.17, 15) is 4.79 Å². The molecular formula is C17H16N4O2. The molecule has 0 radical (unpaired) electrons. The first kappa shape index (κ1) is 14.9. The second-order valence-corrected chi connectivity index (χ2v) is 5.44. The molecule has 0 saturated carbocycles. The van der Waals surface area contributed by atoms with Gasteiger partial charge in [0.15, 0.2) is 5.82 Å². The Labute approximate surface area is 133 Å². The smallest absolute Gasteiger partial charge is 0.337 e. The average Bonchev–Trinajstić information content (AvgIpc) is 2.83. The van der Waals surface area contributed by atoms with Gasteiger partial charge in [0.1, 0.15) is 5.65 Å². The van der Waals surface area contributed by atoms with Crippen LogP contribution < -0.4 is 0 Å². The van der Waals surface area contributed by atoms with Crippen molar-refractivity contribution in [2.45, 2.75) is 20.8 Å². The summed E-state index contributed by atoms with van der Waals surface area (Å²) < 4.78 is 1.64. The van der Waals surface area contributed by atoms with Crippen molar-refractivity contribution in [3.8, 4) is 0 Å². The lowest BCUT2D eigenvalue weighted by Gasteiger charge is -2.01. The highest BCUT2D eigenvalue weighted by molar-refractivity contribution is 5.87. The minimum atomic E-state index is -0.990. The van der Waals surface area contributed by atoms with Crippen LogP contribution in [0, 0.1) is 20.8 Å². The number of fused-ring (bicyclic) bond motifs is 1. The number of carbonyl (C=O) groups is 1. The van der Waals surface area contributed by atoms with Crippen LogP contribution in [0.3, 0.4) is 0 Å². The van der Waals surface area contributed by atoms with E-state index in [-0.39, 0.29) is 5.56 Å². The van der Waals surface area contributed by atoms with E-state index in [4.69, 9.17) is 5.11 Å². The van der Waals surface area contributed by atoms with Crippen molar-refractivity contribution in [3.63, 3.8) is 0 Å². The predicted molar refractivity (Wildman–Crippen MR) is 87.0 cm³/mol. The van der Waals surface area contributed by atoms with Crippen LogP contribution in [-0.2, 0) is 0 Å². The van der Waals surface area contributed by atoms with E-state index in [0.29, 0.717) is 17.2 Å². The highest BCUT2D eigenvalue weighted by atomic mass is 16.4. The number of rotatable bonds is 3. The SMILES string of the molecule is Cc1ccc(N=Nc2c(C)nc3ccc(C(=O)O)cn23)cc1C. The van der Waals surface area contributed by atoms with Gasteiger partial charge in [-0.3, -0.25) is 4.40 Å². The molecular weight excluding hydrogens is 292 g/mol. The monoisotopic (exact) mass is 308 g/mol. The third kappa shape index (κ3) is 2.83. The Hall–Kier alpha value is -3.02. The third-order valence-electron chi connectivity index (χ3n) is 3.76. The molecule has 0 aliphatic carbocycles. The van der Waals surface area contributed by atoms with Gasteiger partial charge < -0.3 is 5.11 Å². The highest BCUT2D eigenvalue weighted by Crippen LogP contribution is 2.25. The number of azo groups is 1. The lowest BCUT2D eigenvalue weighted by Crippen LogP contribution is -1.98. The summed E-state index contributed by atoms with van der Waals surface area (Å²) in [4.78, 5) is 15.5. The van der Waals surface area contributed by atoms with Crippen molar-refractivity contribution in [2.75, 3.05) is 0 Å². The molecule has 3 rings (SSSR count). The summed E-state index contributed by atoms with van der Waals surface area (Å²) in [5.41, 5.74) is 4.60. The number of aromatic nitrogens is 2. The number of hydrogen-bond acceptors (Lipinski definition) is 4. The Morgan fingerprint density at radius 1 is 1.09 bits per heavy atom. The van der Waals surface area contributed by atoms with Crippen LogP contribution in [0.5, 0.6) is 0 Å². The normalized spacial score (nSPS) is 11.4. The molecule has 6 heteroatoms. The Morgan fingerprint density at radius 2 is 1.87 bits per heavy atom. The van der Waals surface area contributed by atoms with Crippen LogP contribution in [0.2, 0.25) is 0 Å². The average molecular weight is 308 g/mol. The molecule has 0 spiro atoms. The Morgan fingerprint density at radius 3 is 2.57 bits per heavy atom. The van der Waals surface area contributed by atoms with Gasteiger partial charge in [0.2, 0.25) is 0 Å². The van der Waals surface area contributed by atoms with Crippen molar-refractivity contribution in [2.24, 2.45) is 10.2 Å². The molecule has 1 N–H and O–H groups in total. The zero-order chi connectivity index (χ0) is 16.6. The van der Waals surface area contributed by atoms with E-state index >= 15 is 0 Å². The predicted octanol–water partition coefficient (Wildman–Crippen LogP) is 4.37. The van der Waals surface area contributed by atoms with Crippen molar-refractivity contribution < 1.29 is 9.90 Å². The number of imidazole rings is 1. The Balaban J connectivity index is 2.06. The van der Waals surface area contributed by atoms with Gasteiger partial charge in [-0.15, -0.1) is 10.2 Å². The summed E-state index contributed by atoms with van der Waals surface area (Å²) in [5, 5.41) is 17.6. The zero-order valence-corrected chi connectivity index (χ0v) is 13.1. The standard InChI is InChI=1S/C17H16N4O2/c1-10-4-6-14(8-11(10)2)19-20-16-12(3)18-15-7-5-13(17(22)23)9-21(15)16/h4-9H,1-3H3,(H,22,23). The first-order chi connectivity index (χ1) is 11.0. The summed E-state index contributed by atoms with van der Waals surface area (Å²) in [6.07, 6.45) is 1.51. The Kier molecular flexibility index (Phi) is 3.65. The molecule has 2 heterocycles. The summed E-state index contributed by atoms with van der Waals surface area (Å²) in [6, 6.07) is 9.03. The maximum atomic E-state index is 11.1. The van der Waals surface area contributed by atoms with Gasteiger partial charge in [-0.1, -0.05) is 6.07 Å². The molecule has 1 aromatic carbocycles. The zero-order valence-electron chi connectivity index (χ0n) is 13.1. The minimum Gasteiger partial charge on any atom is -0.478 e. The van der Waals surface area contributed by atoms with Crippen LogP contribution in [0.4, 0.5) is 11.5 Å². The van der Waals surface area contributed by atoms with Crippen LogP contribution in [0.25, 0.3) is 5.65 Å². The molecule has 0 saturated heterocycles. The van der Waals surface area contributed by atoms with Gasteiger partial charge in [0.05, 0.1) is 16.9 Å². The molecule has 6 nitrogen and oxygen atoms in total. The highest BCUT2D eigenvalue weighted by Gasteiger charge is 2.11. The van der Waals surface area contributed by atoms with Crippen LogP contribution >= 0.6 is 0 Å². The summed E-state index contributed by atoms with van der Waals surface area (Å²) in [5.74, 6) is -0.461. The summed E-state index contributed by atoms with van der Waals surface area (Å²) in [6.45, 7) is 5.88. The lowest BCUT2D eigenvalue weighted by molar-refractivity contribution is 0.0696. The van der Waals surface area contributed by atoms with E-state index in [1.54, 1.807) is 10.5 Å². The van der Waals surface area contributed by atoms with Gasteiger partial charge in [-0.05, 0) is 56.2 Å². The number of pyridine rings is 1. The van der Waals surface area contributed by atoms with E-state index in [2.05, 4.69) is 15.2 Å². The van der Waals surface area contributed by atoms with Gasteiger partial charge in [0, 0.05) is 6.20 Å². The molecule has 23 heavy (non-hydrogen) atoms. The maximum absolute atomic E-state index is 11.1. The molecule has 0 unspecified atom stereocenters. The van der Waals surface area contributed by atoms with Gasteiger partial charge in [-0.2, -0.15) is 0 Å². The van der Waals surface area contributed by atoms with E-state index in [1.807, 2.05) is 39.0 Å². The molecule has 0 bridgehead atoms.